The molecular weight excluding hydrogens is 492 g/mol. The molecular formula is C23H27FIN5. The van der Waals surface area contributed by atoms with E-state index in [0.717, 1.165) is 55.1 Å². The van der Waals surface area contributed by atoms with Gasteiger partial charge in [-0.25, -0.2) is 9.07 Å². The van der Waals surface area contributed by atoms with E-state index in [9.17, 15) is 4.39 Å². The Morgan fingerprint density at radius 2 is 1.93 bits per heavy atom. The molecule has 0 radical (unpaired) electrons. The van der Waals surface area contributed by atoms with Crippen molar-refractivity contribution in [3.63, 3.8) is 0 Å². The number of halogens is 2. The maximum Gasteiger partial charge on any atom is 0.191 e. The summed E-state index contributed by atoms with van der Waals surface area (Å²) in [5.41, 5.74) is 3.30. The SMILES string of the molecule is CN=C(NCCc1cnn(-c2ccccc2)c1)NCC1(c2cccc(F)c2)CC1.I. The fraction of sp³-hybridized carbons (Fsp3) is 0.304. The van der Waals surface area contributed by atoms with E-state index in [1.807, 2.05) is 47.3 Å². The molecule has 0 saturated heterocycles. The van der Waals surface area contributed by atoms with Crippen molar-refractivity contribution in [2.24, 2.45) is 4.99 Å². The minimum absolute atomic E-state index is 0. The number of aliphatic imine (C=N–C) groups is 1. The number of para-hydroxylation sites is 1. The Labute approximate surface area is 193 Å². The highest BCUT2D eigenvalue weighted by Crippen LogP contribution is 2.47. The van der Waals surface area contributed by atoms with Gasteiger partial charge in [0.05, 0.1) is 11.9 Å². The van der Waals surface area contributed by atoms with Crippen LogP contribution in [0.2, 0.25) is 0 Å². The Bertz CT molecular complexity index is 982. The minimum atomic E-state index is -0.174. The van der Waals surface area contributed by atoms with Gasteiger partial charge in [0.1, 0.15) is 5.82 Å². The Balaban J connectivity index is 0.00000256. The maximum atomic E-state index is 13.6. The first kappa shape index (κ1) is 22.3. The standard InChI is InChI=1S/C23H26FN5.HI/c1-25-22(27-17-23(11-12-23)19-6-5-7-20(24)14-19)26-13-10-18-15-28-29(16-18)21-8-3-2-4-9-21;/h2-9,14-16H,10-13,17H2,1H3,(H2,25,26,27);1H. The molecule has 3 aromatic rings. The van der Waals surface area contributed by atoms with E-state index in [0.29, 0.717) is 0 Å². The molecule has 5 nitrogen and oxygen atoms in total. The lowest BCUT2D eigenvalue weighted by Gasteiger charge is -2.19. The van der Waals surface area contributed by atoms with Crippen molar-refractivity contribution in [2.75, 3.05) is 20.1 Å². The fourth-order valence-corrected chi connectivity index (χ4v) is 3.55. The second-order valence-electron chi connectivity index (χ2n) is 7.52. The molecule has 0 spiro atoms. The highest BCUT2D eigenvalue weighted by atomic mass is 127. The molecule has 1 saturated carbocycles. The Kier molecular flexibility index (Phi) is 7.47. The number of benzene rings is 2. The number of aromatic nitrogens is 2. The summed E-state index contributed by atoms with van der Waals surface area (Å²) < 4.78 is 15.5. The van der Waals surface area contributed by atoms with Gasteiger partial charge < -0.3 is 10.6 Å². The van der Waals surface area contributed by atoms with Crippen molar-refractivity contribution in [3.8, 4) is 5.69 Å². The third kappa shape index (κ3) is 5.38. The van der Waals surface area contributed by atoms with Gasteiger partial charge >= 0.3 is 0 Å². The van der Waals surface area contributed by atoms with E-state index in [1.165, 1.54) is 6.07 Å². The number of nitrogens with zero attached hydrogens (tertiary/aromatic N) is 3. The quantitative estimate of drug-likeness (QED) is 0.281. The molecule has 0 unspecified atom stereocenters. The number of hydrogen-bond acceptors (Lipinski definition) is 2. The van der Waals surface area contributed by atoms with E-state index in [-0.39, 0.29) is 35.2 Å². The molecule has 1 heterocycles. The van der Waals surface area contributed by atoms with Gasteiger partial charge in [0.25, 0.3) is 0 Å². The van der Waals surface area contributed by atoms with Crippen molar-refractivity contribution in [2.45, 2.75) is 24.7 Å². The molecule has 0 amide bonds. The first-order chi connectivity index (χ1) is 14.2. The third-order valence-electron chi connectivity index (χ3n) is 5.47. The topological polar surface area (TPSA) is 54.2 Å². The Morgan fingerprint density at radius 1 is 1.13 bits per heavy atom. The fourth-order valence-electron chi connectivity index (χ4n) is 3.55. The molecule has 0 aliphatic heterocycles. The molecule has 2 aromatic carbocycles. The van der Waals surface area contributed by atoms with Crippen molar-refractivity contribution in [3.05, 3.63) is 83.9 Å². The van der Waals surface area contributed by atoms with Gasteiger partial charge in [0.15, 0.2) is 5.96 Å². The highest BCUT2D eigenvalue weighted by molar-refractivity contribution is 14.0. The van der Waals surface area contributed by atoms with Crippen LogP contribution in [0, 0.1) is 5.82 Å². The maximum absolute atomic E-state index is 13.6. The molecule has 1 fully saturated rings. The summed E-state index contributed by atoms with van der Waals surface area (Å²) in [7, 11) is 1.77. The number of hydrogen-bond donors (Lipinski definition) is 2. The summed E-state index contributed by atoms with van der Waals surface area (Å²) in [6.45, 7) is 1.51. The lowest BCUT2D eigenvalue weighted by molar-refractivity contribution is 0.607. The number of nitrogens with one attached hydrogen (secondary N) is 2. The zero-order valence-corrected chi connectivity index (χ0v) is 19.3. The summed E-state index contributed by atoms with van der Waals surface area (Å²) in [6.07, 6.45) is 6.94. The lowest BCUT2D eigenvalue weighted by Crippen LogP contribution is -2.42. The van der Waals surface area contributed by atoms with Gasteiger partial charge in [0, 0.05) is 31.7 Å². The van der Waals surface area contributed by atoms with Crippen LogP contribution in [0.3, 0.4) is 0 Å². The summed E-state index contributed by atoms with van der Waals surface area (Å²) in [6, 6.07) is 17.0. The minimum Gasteiger partial charge on any atom is -0.356 e. The molecule has 2 N–H and O–H groups in total. The van der Waals surface area contributed by atoms with Crippen molar-refractivity contribution >= 4 is 29.9 Å². The van der Waals surface area contributed by atoms with Gasteiger partial charge in [0.2, 0.25) is 0 Å². The molecule has 0 bridgehead atoms. The molecule has 30 heavy (non-hydrogen) atoms. The average Bonchev–Trinajstić information content (AvgIpc) is 3.40. The van der Waals surface area contributed by atoms with Crippen LogP contribution >= 0.6 is 24.0 Å². The van der Waals surface area contributed by atoms with Crippen molar-refractivity contribution < 1.29 is 4.39 Å². The van der Waals surface area contributed by atoms with Crippen LogP contribution in [-0.2, 0) is 11.8 Å². The summed E-state index contributed by atoms with van der Waals surface area (Å²) >= 11 is 0. The molecule has 1 aliphatic rings. The molecule has 0 atom stereocenters. The molecule has 1 aromatic heterocycles. The van der Waals surface area contributed by atoms with Crippen LogP contribution in [0.25, 0.3) is 5.69 Å². The van der Waals surface area contributed by atoms with Crippen LogP contribution < -0.4 is 10.6 Å². The van der Waals surface area contributed by atoms with Crippen molar-refractivity contribution in [1.29, 1.82) is 0 Å². The van der Waals surface area contributed by atoms with Crippen LogP contribution in [-0.4, -0.2) is 35.9 Å². The zero-order valence-electron chi connectivity index (χ0n) is 17.0. The molecule has 158 valence electrons. The van der Waals surface area contributed by atoms with Gasteiger partial charge in [-0.3, -0.25) is 4.99 Å². The van der Waals surface area contributed by atoms with Crippen LogP contribution in [0.15, 0.2) is 72.0 Å². The lowest BCUT2D eigenvalue weighted by atomic mass is 9.96. The largest absolute Gasteiger partial charge is 0.356 e. The average molecular weight is 519 g/mol. The van der Waals surface area contributed by atoms with E-state index >= 15 is 0 Å². The van der Waals surface area contributed by atoms with Gasteiger partial charge in [-0.15, -0.1) is 24.0 Å². The second-order valence-corrected chi connectivity index (χ2v) is 7.52. The predicted octanol–water partition coefficient (Wildman–Crippen LogP) is 4.07. The second kappa shape index (κ2) is 10.1. The molecule has 4 rings (SSSR count). The monoisotopic (exact) mass is 519 g/mol. The smallest absolute Gasteiger partial charge is 0.191 e. The normalized spacial score (nSPS) is 14.7. The number of guanidine groups is 1. The predicted molar refractivity (Wildman–Crippen MR) is 129 cm³/mol. The van der Waals surface area contributed by atoms with Crippen LogP contribution in [0.5, 0.6) is 0 Å². The Hall–Kier alpha value is -2.42. The first-order valence-electron chi connectivity index (χ1n) is 9.98. The van der Waals surface area contributed by atoms with E-state index in [2.05, 4.69) is 26.9 Å². The number of rotatable bonds is 7. The summed E-state index contributed by atoms with van der Waals surface area (Å²) in [5, 5.41) is 11.2. The molecule has 1 aliphatic carbocycles. The Morgan fingerprint density at radius 3 is 2.63 bits per heavy atom. The zero-order chi connectivity index (χ0) is 20.1. The summed E-state index contributed by atoms with van der Waals surface area (Å²) in [5.74, 6) is 0.593. The van der Waals surface area contributed by atoms with Gasteiger partial charge in [-0.05, 0) is 54.7 Å². The van der Waals surface area contributed by atoms with Crippen LogP contribution in [0.4, 0.5) is 4.39 Å². The summed E-state index contributed by atoms with van der Waals surface area (Å²) in [4.78, 5) is 4.31. The van der Waals surface area contributed by atoms with Crippen LogP contribution in [0.1, 0.15) is 24.0 Å². The van der Waals surface area contributed by atoms with E-state index in [1.54, 1.807) is 19.2 Å². The molecule has 7 heteroatoms. The van der Waals surface area contributed by atoms with Crippen molar-refractivity contribution in [1.82, 2.24) is 20.4 Å². The van der Waals surface area contributed by atoms with E-state index < -0.39 is 0 Å². The first-order valence-corrected chi connectivity index (χ1v) is 9.98. The third-order valence-corrected chi connectivity index (χ3v) is 5.47. The highest BCUT2D eigenvalue weighted by Gasteiger charge is 2.44. The van der Waals surface area contributed by atoms with E-state index in [4.69, 9.17) is 0 Å². The van der Waals surface area contributed by atoms with Gasteiger partial charge in [-0.2, -0.15) is 5.10 Å². The van der Waals surface area contributed by atoms with Gasteiger partial charge in [-0.1, -0.05) is 30.3 Å².